The number of rotatable bonds is 3. The third-order valence-electron chi connectivity index (χ3n) is 14.6. The summed E-state index contributed by atoms with van der Waals surface area (Å²) >= 11 is 0. The summed E-state index contributed by atoms with van der Waals surface area (Å²) < 4.78 is 0. The number of nitrogens with zero attached hydrogens (tertiary/aromatic N) is 1. The molecule has 6 aromatic carbocycles. The molecule has 2 heterocycles. The SMILES string of the molecule is C[Si]1(C)c2ccccc2-c2ccc3c(c21)-c1c(-c2cc(-c4ccccc4)cc(-c4cccc5ccccc45)n2)cccc1C31C2CC3CC(C2)CC1C3. The Hall–Kier alpha value is -5.05. The summed E-state index contributed by atoms with van der Waals surface area (Å²) in [4.78, 5) is 5.71. The Morgan fingerprint density at radius 2 is 1.13 bits per heavy atom. The van der Waals surface area contributed by atoms with Crippen LogP contribution in [0.2, 0.25) is 13.1 Å². The number of aromatic nitrogens is 1. The molecule has 0 radical (unpaired) electrons. The van der Waals surface area contributed by atoms with Crippen molar-refractivity contribution in [1.82, 2.24) is 4.98 Å². The first kappa shape index (κ1) is 30.4. The lowest BCUT2D eigenvalue weighted by Crippen LogP contribution is -2.55. The average molecular weight is 698 g/mol. The van der Waals surface area contributed by atoms with Gasteiger partial charge in [0.05, 0.1) is 11.4 Å². The van der Waals surface area contributed by atoms with Crippen LogP contribution in [0.1, 0.15) is 43.2 Å². The van der Waals surface area contributed by atoms with Crippen LogP contribution < -0.4 is 10.4 Å². The Bertz CT molecular complexity index is 2630. The first-order valence-electron chi connectivity index (χ1n) is 20.0. The second-order valence-electron chi connectivity index (χ2n) is 17.5. The number of fused-ring (bicyclic) bond motifs is 8. The summed E-state index contributed by atoms with van der Waals surface area (Å²) in [5, 5.41) is 5.76. The van der Waals surface area contributed by atoms with Crippen molar-refractivity contribution >= 4 is 29.2 Å². The minimum atomic E-state index is -2.03. The minimum Gasteiger partial charge on any atom is -0.248 e. The van der Waals surface area contributed by atoms with Crippen molar-refractivity contribution in [3.05, 3.63) is 151 Å². The average Bonchev–Trinajstić information content (AvgIpc) is 3.62. The third kappa shape index (κ3) is 4.00. The minimum absolute atomic E-state index is 0.0951. The normalized spacial score (nSPS) is 25.0. The molecule has 1 aromatic heterocycles. The van der Waals surface area contributed by atoms with E-state index in [1.807, 2.05) is 0 Å². The fourth-order valence-electron chi connectivity index (χ4n) is 12.9. The Balaban J connectivity index is 1.18. The van der Waals surface area contributed by atoms with E-state index in [2.05, 4.69) is 153 Å². The van der Waals surface area contributed by atoms with Gasteiger partial charge in [0, 0.05) is 16.5 Å². The summed E-state index contributed by atoms with van der Waals surface area (Å²) in [6, 6.07) is 53.0. The molecule has 7 aromatic rings. The summed E-state index contributed by atoms with van der Waals surface area (Å²) in [5.41, 5.74) is 16.5. The van der Waals surface area contributed by atoms with Crippen molar-refractivity contribution in [2.45, 2.75) is 50.6 Å². The van der Waals surface area contributed by atoms with Crippen LogP contribution in [0.15, 0.2) is 140 Å². The largest absolute Gasteiger partial charge is 0.248 e. The van der Waals surface area contributed by atoms with E-state index in [0.29, 0.717) is 0 Å². The van der Waals surface area contributed by atoms with E-state index in [1.54, 1.807) is 27.1 Å². The van der Waals surface area contributed by atoms with Crippen molar-refractivity contribution < 1.29 is 0 Å². The van der Waals surface area contributed by atoms with Gasteiger partial charge >= 0.3 is 0 Å². The maximum Gasteiger partial charge on any atom is 0.114 e. The van der Waals surface area contributed by atoms with Gasteiger partial charge in [0.15, 0.2) is 0 Å². The van der Waals surface area contributed by atoms with Crippen LogP contribution in [-0.2, 0) is 5.41 Å². The van der Waals surface area contributed by atoms with E-state index in [0.717, 1.165) is 35.1 Å². The van der Waals surface area contributed by atoms with Crippen molar-refractivity contribution in [3.8, 4) is 55.9 Å². The van der Waals surface area contributed by atoms with Gasteiger partial charge in [0.1, 0.15) is 8.07 Å². The zero-order chi connectivity index (χ0) is 35.1. The predicted molar refractivity (Wildman–Crippen MR) is 223 cm³/mol. The summed E-state index contributed by atoms with van der Waals surface area (Å²) in [5.74, 6) is 3.26. The molecular formula is C51H43NSi. The standard InChI is InChI=1S/C51H43NSi/c1-53(2)47-21-9-8-17-40(47)41-22-23-44-49(50(41)53)48-42(19-11-20-43(48)51(44)36-25-31-24-32(27-36)28-37(51)26-31)46-30-35(33-12-4-3-5-13-33)29-45(52-46)39-18-10-15-34-14-6-7-16-38(34)39/h3-23,29-32,36-37H,24-28H2,1-2H3. The van der Waals surface area contributed by atoms with Gasteiger partial charge < -0.3 is 0 Å². The van der Waals surface area contributed by atoms with Crippen LogP contribution in [0.4, 0.5) is 0 Å². The van der Waals surface area contributed by atoms with Gasteiger partial charge in [-0.25, -0.2) is 4.98 Å². The molecule has 256 valence electrons. The molecule has 1 spiro atoms. The molecule has 1 nitrogen and oxygen atoms in total. The van der Waals surface area contributed by atoms with Gasteiger partial charge in [-0.3, -0.25) is 0 Å². The number of pyridine rings is 1. The van der Waals surface area contributed by atoms with E-state index < -0.39 is 8.07 Å². The van der Waals surface area contributed by atoms with E-state index in [-0.39, 0.29) is 5.41 Å². The van der Waals surface area contributed by atoms with E-state index >= 15 is 0 Å². The molecule has 0 saturated heterocycles. The lowest BCUT2D eigenvalue weighted by atomic mass is 9.43. The Morgan fingerprint density at radius 3 is 1.94 bits per heavy atom. The highest BCUT2D eigenvalue weighted by molar-refractivity contribution is 7.04. The van der Waals surface area contributed by atoms with Gasteiger partial charge in [-0.2, -0.15) is 0 Å². The number of hydrogen-bond donors (Lipinski definition) is 0. The lowest BCUT2D eigenvalue weighted by Gasteiger charge is -2.61. The first-order valence-corrected chi connectivity index (χ1v) is 23.0. The number of hydrogen-bond acceptors (Lipinski definition) is 1. The van der Waals surface area contributed by atoms with Gasteiger partial charge in [0.25, 0.3) is 0 Å². The topological polar surface area (TPSA) is 12.9 Å². The zero-order valence-electron chi connectivity index (χ0n) is 30.6. The van der Waals surface area contributed by atoms with Crippen LogP contribution in [0, 0.1) is 23.7 Å². The van der Waals surface area contributed by atoms with Crippen molar-refractivity contribution in [3.63, 3.8) is 0 Å². The summed E-state index contributed by atoms with van der Waals surface area (Å²) in [6.07, 6.45) is 7.03. The van der Waals surface area contributed by atoms with Crippen LogP contribution in [0.5, 0.6) is 0 Å². The Morgan fingerprint density at radius 1 is 0.509 bits per heavy atom. The van der Waals surface area contributed by atoms with E-state index in [1.165, 1.54) is 81.8 Å². The fraction of sp³-hybridized carbons (Fsp3) is 0.235. The third-order valence-corrected chi connectivity index (χ3v) is 18.2. The quantitative estimate of drug-likeness (QED) is 0.168. The number of benzene rings is 6. The Kier molecular flexibility index (Phi) is 6.18. The molecule has 0 unspecified atom stereocenters. The molecule has 6 aliphatic rings. The summed E-state index contributed by atoms with van der Waals surface area (Å²) in [7, 11) is -2.03. The highest BCUT2D eigenvalue weighted by atomic mass is 28.3. The van der Waals surface area contributed by atoms with Crippen LogP contribution in [-0.4, -0.2) is 13.1 Å². The Labute approximate surface area is 313 Å². The van der Waals surface area contributed by atoms with Gasteiger partial charge in [0.2, 0.25) is 0 Å². The van der Waals surface area contributed by atoms with Crippen molar-refractivity contribution in [2.24, 2.45) is 23.7 Å². The maximum atomic E-state index is 5.71. The van der Waals surface area contributed by atoms with Crippen LogP contribution in [0.3, 0.4) is 0 Å². The lowest BCUT2D eigenvalue weighted by molar-refractivity contribution is -0.0399. The van der Waals surface area contributed by atoms with Crippen molar-refractivity contribution in [1.29, 1.82) is 0 Å². The molecule has 0 atom stereocenters. The molecule has 1 aliphatic heterocycles. The predicted octanol–water partition coefficient (Wildman–Crippen LogP) is 11.8. The molecule has 0 amide bonds. The molecule has 4 saturated carbocycles. The zero-order valence-corrected chi connectivity index (χ0v) is 31.6. The van der Waals surface area contributed by atoms with Gasteiger partial charge in [-0.05, 0) is 134 Å². The smallest absolute Gasteiger partial charge is 0.114 e. The second-order valence-corrected chi connectivity index (χ2v) is 21.8. The van der Waals surface area contributed by atoms with Crippen LogP contribution in [0.25, 0.3) is 66.7 Å². The molecule has 4 bridgehead atoms. The van der Waals surface area contributed by atoms with Crippen molar-refractivity contribution in [2.75, 3.05) is 0 Å². The summed E-state index contributed by atoms with van der Waals surface area (Å²) in [6.45, 7) is 5.24. The molecule has 5 aliphatic carbocycles. The van der Waals surface area contributed by atoms with Gasteiger partial charge in [-0.1, -0.05) is 140 Å². The fourth-order valence-corrected chi connectivity index (χ4v) is 16.3. The maximum absolute atomic E-state index is 5.71. The first-order chi connectivity index (χ1) is 26.0. The van der Waals surface area contributed by atoms with E-state index in [9.17, 15) is 0 Å². The highest BCUT2D eigenvalue weighted by Crippen LogP contribution is 2.70. The monoisotopic (exact) mass is 697 g/mol. The molecule has 13 rings (SSSR count). The second kappa shape index (κ2) is 10.8. The van der Waals surface area contributed by atoms with Gasteiger partial charge in [-0.15, -0.1) is 0 Å². The molecule has 4 fully saturated rings. The molecule has 53 heavy (non-hydrogen) atoms. The molecular weight excluding hydrogens is 655 g/mol. The van der Waals surface area contributed by atoms with E-state index in [4.69, 9.17) is 4.98 Å². The molecule has 0 N–H and O–H groups in total. The molecule has 2 heteroatoms. The highest BCUT2D eigenvalue weighted by Gasteiger charge is 2.62. The van der Waals surface area contributed by atoms with Crippen LogP contribution >= 0.6 is 0 Å².